The third-order valence-electron chi connectivity index (χ3n) is 4.39. The average molecular weight is 449 g/mol. The van der Waals surface area contributed by atoms with Gasteiger partial charge in [0, 0.05) is 28.3 Å². The van der Waals surface area contributed by atoms with Crippen molar-refractivity contribution >= 4 is 50.5 Å². The molecule has 0 spiro atoms. The van der Waals surface area contributed by atoms with Gasteiger partial charge in [0.2, 0.25) is 0 Å². The molecule has 0 aromatic heterocycles. The Labute approximate surface area is 179 Å². The summed E-state index contributed by atoms with van der Waals surface area (Å²) < 4.78 is 26.7. The Hall–Kier alpha value is -2.54. The third kappa shape index (κ3) is 4.72. The summed E-state index contributed by atoms with van der Waals surface area (Å²) in [6.45, 7) is 1.88. The second-order valence-electron chi connectivity index (χ2n) is 6.39. The molecule has 0 aliphatic heterocycles. The molecule has 0 saturated heterocycles. The molecule has 1 N–H and O–H groups in total. The van der Waals surface area contributed by atoms with Crippen LogP contribution in [-0.4, -0.2) is 21.4 Å². The first-order valence-electron chi connectivity index (χ1n) is 8.60. The second-order valence-corrected chi connectivity index (χ2v) is 9.20. The first kappa shape index (κ1) is 21.2. The van der Waals surface area contributed by atoms with Crippen LogP contribution in [0.4, 0.5) is 11.4 Å². The maximum Gasteiger partial charge on any atom is 0.264 e. The summed E-state index contributed by atoms with van der Waals surface area (Å²) in [7, 11) is -2.29. The van der Waals surface area contributed by atoms with Crippen molar-refractivity contribution in [3.63, 3.8) is 0 Å². The van der Waals surface area contributed by atoms with E-state index in [0.29, 0.717) is 27.0 Å². The van der Waals surface area contributed by atoms with Crippen LogP contribution in [0.1, 0.15) is 15.9 Å². The minimum atomic E-state index is -3.74. The molecular formula is C21H18Cl2N2O3S. The molecule has 0 fully saturated rings. The molecule has 3 aromatic rings. The van der Waals surface area contributed by atoms with Crippen molar-refractivity contribution in [2.75, 3.05) is 16.7 Å². The van der Waals surface area contributed by atoms with E-state index in [-0.39, 0.29) is 10.8 Å². The molecule has 0 bridgehead atoms. The number of hydrogen-bond acceptors (Lipinski definition) is 3. The topological polar surface area (TPSA) is 66.5 Å². The van der Waals surface area contributed by atoms with Crippen molar-refractivity contribution in [2.45, 2.75) is 11.8 Å². The molecule has 150 valence electrons. The van der Waals surface area contributed by atoms with Crippen molar-refractivity contribution < 1.29 is 13.2 Å². The fourth-order valence-corrected chi connectivity index (χ4v) is 4.10. The number of halogens is 2. The fourth-order valence-electron chi connectivity index (χ4n) is 2.60. The first-order valence-corrected chi connectivity index (χ1v) is 10.8. The molecule has 0 aliphatic carbocycles. The summed E-state index contributed by atoms with van der Waals surface area (Å²) in [6, 6.07) is 17.5. The van der Waals surface area contributed by atoms with E-state index in [2.05, 4.69) is 5.32 Å². The zero-order valence-corrected chi connectivity index (χ0v) is 18.0. The lowest BCUT2D eigenvalue weighted by Crippen LogP contribution is -2.26. The van der Waals surface area contributed by atoms with Crippen LogP contribution in [0.25, 0.3) is 0 Å². The van der Waals surface area contributed by atoms with E-state index in [1.54, 1.807) is 36.4 Å². The zero-order chi connectivity index (χ0) is 21.2. The van der Waals surface area contributed by atoms with Gasteiger partial charge in [-0.15, -0.1) is 0 Å². The van der Waals surface area contributed by atoms with Gasteiger partial charge in [-0.1, -0.05) is 29.3 Å². The maximum absolute atomic E-state index is 12.8. The lowest BCUT2D eigenvalue weighted by molar-refractivity contribution is 0.102. The molecule has 3 rings (SSSR count). The van der Waals surface area contributed by atoms with Gasteiger partial charge in [0.15, 0.2) is 0 Å². The second kappa shape index (κ2) is 8.45. The molecule has 0 aliphatic rings. The lowest BCUT2D eigenvalue weighted by Gasteiger charge is -2.20. The number of nitrogens with zero attached hydrogens (tertiary/aromatic N) is 1. The van der Waals surface area contributed by atoms with E-state index < -0.39 is 10.0 Å². The number of carbonyl (C=O) groups excluding carboxylic acids is 1. The van der Waals surface area contributed by atoms with Crippen LogP contribution in [0.5, 0.6) is 0 Å². The Morgan fingerprint density at radius 3 is 2.14 bits per heavy atom. The molecule has 0 radical (unpaired) electrons. The van der Waals surface area contributed by atoms with Crippen LogP contribution >= 0.6 is 23.2 Å². The minimum Gasteiger partial charge on any atom is -0.322 e. The number of hydrogen-bond donors (Lipinski definition) is 1. The van der Waals surface area contributed by atoms with E-state index in [9.17, 15) is 13.2 Å². The van der Waals surface area contributed by atoms with Gasteiger partial charge in [-0.3, -0.25) is 9.10 Å². The summed E-state index contributed by atoms with van der Waals surface area (Å²) in [5.41, 5.74) is 2.31. The molecule has 8 heteroatoms. The minimum absolute atomic E-state index is 0.127. The highest BCUT2D eigenvalue weighted by atomic mass is 35.5. The smallest absolute Gasteiger partial charge is 0.264 e. The third-order valence-corrected chi connectivity index (χ3v) is 6.85. The Kier molecular flexibility index (Phi) is 6.17. The number of carbonyl (C=O) groups is 1. The highest BCUT2D eigenvalue weighted by molar-refractivity contribution is 7.92. The van der Waals surface area contributed by atoms with Crippen LogP contribution in [0.15, 0.2) is 71.6 Å². The van der Waals surface area contributed by atoms with Gasteiger partial charge in [-0.2, -0.15) is 0 Å². The van der Waals surface area contributed by atoms with Crippen LogP contribution < -0.4 is 9.62 Å². The van der Waals surface area contributed by atoms with Gasteiger partial charge in [0.25, 0.3) is 15.9 Å². The standard InChI is InChI=1S/C21H18Cl2N2O3S/c1-14-3-8-17(13-20(14)23)24-21(26)15-4-9-18(10-5-15)25(2)29(27,28)19-11-6-16(22)7-12-19/h3-13H,1-2H3,(H,24,26). The Bertz CT molecular complexity index is 1150. The number of anilines is 2. The van der Waals surface area contributed by atoms with Crippen molar-refractivity contribution in [1.82, 2.24) is 0 Å². The predicted molar refractivity (Wildman–Crippen MR) is 118 cm³/mol. The van der Waals surface area contributed by atoms with Crippen molar-refractivity contribution in [2.24, 2.45) is 0 Å². The molecule has 0 saturated carbocycles. The van der Waals surface area contributed by atoms with Gasteiger partial charge in [0.05, 0.1) is 10.6 Å². The quantitative estimate of drug-likeness (QED) is 0.569. The van der Waals surface area contributed by atoms with Gasteiger partial charge < -0.3 is 5.32 Å². The molecule has 3 aromatic carbocycles. The molecule has 1 amide bonds. The van der Waals surface area contributed by atoms with Crippen molar-refractivity contribution in [3.8, 4) is 0 Å². The Morgan fingerprint density at radius 1 is 0.931 bits per heavy atom. The largest absolute Gasteiger partial charge is 0.322 e. The number of rotatable bonds is 5. The summed E-state index contributed by atoms with van der Waals surface area (Å²) in [5.74, 6) is -0.320. The van der Waals surface area contributed by atoms with E-state index in [0.717, 1.165) is 9.87 Å². The summed E-state index contributed by atoms with van der Waals surface area (Å²) in [4.78, 5) is 12.6. The van der Waals surface area contributed by atoms with E-state index in [1.165, 1.54) is 31.3 Å². The van der Waals surface area contributed by atoms with Gasteiger partial charge in [-0.25, -0.2) is 8.42 Å². The monoisotopic (exact) mass is 448 g/mol. The lowest BCUT2D eigenvalue weighted by atomic mass is 10.1. The number of amides is 1. The van der Waals surface area contributed by atoms with Crippen LogP contribution in [0.3, 0.4) is 0 Å². The van der Waals surface area contributed by atoms with Crippen LogP contribution in [0, 0.1) is 6.92 Å². The molecule has 29 heavy (non-hydrogen) atoms. The van der Waals surface area contributed by atoms with Crippen LogP contribution in [0.2, 0.25) is 10.0 Å². The average Bonchev–Trinajstić information content (AvgIpc) is 2.70. The number of sulfonamides is 1. The molecular weight excluding hydrogens is 431 g/mol. The fraction of sp³-hybridized carbons (Fsp3) is 0.0952. The number of aryl methyl sites for hydroxylation is 1. The normalized spacial score (nSPS) is 11.2. The number of nitrogens with one attached hydrogen (secondary N) is 1. The molecule has 0 heterocycles. The molecule has 5 nitrogen and oxygen atoms in total. The Balaban J connectivity index is 1.77. The number of benzene rings is 3. The van der Waals surface area contributed by atoms with Crippen molar-refractivity contribution in [1.29, 1.82) is 0 Å². The first-order chi connectivity index (χ1) is 13.7. The summed E-state index contributed by atoms with van der Waals surface area (Å²) in [5, 5.41) is 3.79. The Morgan fingerprint density at radius 2 is 1.55 bits per heavy atom. The SMILES string of the molecule is Cc1ccc(NC(=O)c2ccc(N(C)S(=O)(=O)c3ccc(Cl)cc3)cc2)cc1Cl. The highest BCUT2D eigenvalue weighted by Gasteiger charge is 2.21. The van der Waals surface area contributed by atoms with E-state index in [4.69, 9.17) is 23.2 Å². The molecule has 0 atom stereocenters. The molecule has 0 unspecified atom stereocenters. The van der Waals surface area contributed by atoms with E-state index in [1.807, 2.05) is 13.0 Å². The van der Waals surface area contributed by atoms with Gasteiger partial charge >= 0.3 is 0 Å². The highest BCUT2D eigenvalue weighted by Crippen LogP contribution is 2.24. The summed E-state index contributed by atoms with van der Waals surface area (Å²) >= 11 is 11.9. The van der Waals surface area contributed by atoms with Gasteiger partial charge in [-0.05, 0) is 73.2 Å². The summed E-state index contributed by atoms with van der Waals surface area (Å²) in [6.07, 6.45) is 0. The van der Waals surface area contributed by atoms with E-state index >= 15 is 0 Å². The zero-order valence-electron chi connectivity index (χ0n) is 15.7. The predicted octanol–water partition coefficient (Wildman–Crippen LogP) is 5.38. The van der Waals surface area contributed by atoms with Crippen molar-refractivity contribution in [3.05, 3.63) is 87.9 Å². The maximum atomic E-state index is 12.8. The van der Waals surface area contributed by atoms with Crippen LogP contribution in [-0.2, 0) is 10.0 Å². The van der Waals surface area contributed by atoms with Gasteiger partial charge in [0.1, 0.15) is 0 Å².